The molecule has 2 fully saturated rings. The Morgan fingerprint density at radius 3 is 2.71 bits per heavy atom. The van der Waals surface area contributed by atoms with E-state index in [1.807, 2.05) is 37.3 Å². The van der Waals surface area contributed by atoms with Crippen molar-refractivity contribution in [3.63, 3.8) is 0 Å². The highest BCUT2D eigenvalue weighted by molar-refractivity contribution is 5.19. The van der Waals surface area contributed by atoms with Crippen LogP contribution in [0.3, 0.4) is 0 Å². The number of benzene rings is 1. The van der Waals surface area contributed by atoms with Gasteiger partial charge in [-0.15, -0.1) is 0 Å². The fourth-order valence-electron chi connectivity index (χ4n) is 3.74. The van der Waals surface area contributed by atoms with Gasteiger partial charge in [-0.2, -0.15) is 0 Å². The summed E-state index contributed by atoms with van der Waals surface area (Å²) < 4.78 is 11.8. The molecule has 1 aliphatic carbocycles. The van der Waals surface area contributed by atoms with Gasteiger partial charge in [0, 0.05) is 13.2 Å². The van der Waals surface area contributed by atoms with Crippen LogP contribution in [0.1, 0.15) is 50.7 Å². The van der Waals surface area contributed by atoms with Crippen molar-refractivity contribution in [2.75, 3.05) is 13.2 Å². The van der Waals surface area contributed by atoms with Gasteiger partial charge < -0.3 is 14.6 Å². The van der Waals surface area contributed by atoms with Crippen molar-refractivity contribution in [3.05, 3.63) is 35.9 Å². The van der Waals surface area contributed by atoms with Crippen molar-refractivity contribution in [1.29, 1.82) is 0 Å². The second kappa shape index (κ2) is 6.47. The Labute approximate surface area is 127 Å². The summed E-state index contributed by atoms with van der Waals surface area (Å²) in [6.45, 7) is 3.38. The minimum Gasteiger partial charge on any atom is -0.390 e. The lowest BCUT2D eigenvalue weighted by Gasteiger charge is -2.48. The fraction of sp³-hybridized carbons (Fsp3) is 0.667. The van der Waals surface area contributed by atoms with Crippen LogP contribution in [-0.2, 0) is 9.47 Å². The number of aliphatic hydroxyl groups is 1. The van der Waals surface area contributed by atoms with Crippen molar-refractivity contribution < 1.29 is 14.6 Å². The SMILES string of the molecule is CCOC(c1ccccc1)C(O)C1CCOC2(CCC2)C1. The van der Waals surface area contributed by atoms with Gasteiger partial charge in [0.1, 0.15) is 6.10 Å². The molecule has 1 saturated heterocycles. The van der Waals surface area contributed by atoms with Crippen LogP contribution in [0.25, 0.3) is 0 Å². The van der Waals surface area contributed by atoms with Gasteiger partial charge in [0.25, 0.3) is 0 Å². The van der Waals surface area contributed by atoms with Crippen LogP contribution in [0, 0.1) is 5.92 Å². The number of hydrogen-bond acceptors (Lipinski definition) is 3. The molecule has 3 heteroatoms. The van der Waals surface area contributed by atoms with Gasteiger partial charge in [-0.1, -0.05) is 30.3 Å². The summed E-state index contributed by atoms with van der Waals surface area (Å²) in [6, 6.07) is 10.1. The number of ether oxygens (including phenoxy) is 2. The molecular weight excluding hydrogens is 264 g/mol. The van der Waals surface area contributed by atoms with E-state index < -0.39 is 6.10 Å². The zero-order valence-electron chi connectivity index (χ0n) is 12.8. The number of aliphatic hydroxyl groups excluding tert-OH is 1. The molecule has 0 aromatic heterocycles. The molecule has 1 heterocycles. The summed E-state index contributed by atoms with van der Waals surface area (Å²) in [5.41, 5.74) is 1.14. The average Bonchev–Trinajstić information content (AvgIpc) is 2.51. The van der Waals surface area contributed by atoms with Crippen LogP contribution in [0.2, 0.25) is 0 Å². The molecule has 0 radical (unpaired) electrons. The van der Waals surface area contributed by atoms with Crippen molar-refractivity contribution in [1.82, 2.24) is 0 Å². The largest absolute Gasteiger partial charge is 0.390 e. The molecule has 21 heavy (non-hydrogen) atoms. The fourth-order valence-corrected chi connectivity index (χ4v) is 3.74. The average molecular weight is 290 g/mol. The Balaban J connectivity index is 1.72. The van der Waals surface area contributed by atoms with E-state index in [2.05, 4.69) is 0 Å². The van der Waals surface area contributed by atoms with Crippen LogP contribution in [-0.4, -0.2) is 30.0 Å². The van der Waals surface area contributed by atoms with Gasteiger partial charge >= 0.3 is 0 Å². The molecule has 3 rings (SSSR count). The molecule has 1 saturated carbocycles. The minimum absolute atomic E-state index is 0.0668. The van der Waals surface area contributed by atoms with Crippen LogP contribution >= 0.6 is 0 Å². The molecule has 3 unspecified atom stereocenters. The third-order valence-corrected chi connectivity index (χ3v) is 5.06. The molecule has 1 aliphatic heterocycles. The van der Waals surface area contributed by atoms with E-state index in [0.717, 1.165) is 37.9 Å². The summed E-state index contributed by atoms with van der Waals surface area (Å²) in [4.78, 5) is 0. The first kappa shape index (κ1) is 15.0. The maximum Gasteiger partial charge on any atom is 0.109 e. The van der Waals surface area contributed by atoms with Gasteiger partial charge in [-0.25, -0.2) is 0 Å². The Bertz CT molecular complexity index is 441. The second-order valence-corrected chi connectivity index (χ2v) is 6.42. The molecule has 1 aromatic rings. The molecule has 1 N–H and O–H groups in total. The normalized spacial score (nSPS) is 27.0. The Hall–Kier alpha value is -0.900. The van der Waals surface area contributed by atoms with Gasteiger partial charge in [-0.3, -0.25) is 0 Å². The quantitative estimate of drug-likeness (QED) is 0.902. The molecule has 0 bridgehead atoms. The lowest BCUT2D eigenvalue weighted by atomic mass is 9.70. The monoisotopic (exact) mass is 290 g/mol. The maximum absolute atomic E-state index is 10.9. The third kappa shape index (κ3) is 3.15. The van der Waals surface area contributed by atoms with E-state index in [9.17, 15) is 5.11 Å². The molecule has 2 aliphatic rings. The highest BCUT2D eigenvalue weighted by atomic mass is 16.5. The number of hydrogen-bond donors (Lipinski definition) is 1. The summed E-state index contributed by atoms with van der Waals surface area (Å²) in [6.07, 6.45) is 4.80. The summed E-state index contributed by atoms with van der Waals surface area (Å²) in [7, 11) is 0. The molecule has 1 spiro atoms. The zero-order valence-corrected chi connectivity index (χ0v) is 12.8. The van der Waals surface area contributed by atoms with E-state index in [4.69, 9.17) is 9.47 Å². The van der Waals surface area contributed by atoms with Gasteiger partial charge in [0.15, 0.2) is 0 Å². The molecule has 0 amide bonds. The lowest BCUT2D eigenvalue weighted by molar-refractivity contribution is -0.170. The van der Waals surface area contributed by atoms with Crippen molar-refractivity contribution in [2.45, 2.75) is 56.8 Å². The lowest BCUT2D eigenvalue weighted by Crippen LogP contribution is -2.48. The van der Waals surface area contributed by atoms with Crippen molar-refractivity contribution in [3.8, 4) is 0 Å². The molecular formula is C18H26O3. The van der Waals surface area contributed by atoms with Gasteiger partial charge in [0.2, 0.25) is 0 Å². The molecule has 3 nitrogen and oxygen atoms in total. The molecule has 3 atom stereocenters. The van der Waals surface area contributed by atoms with Crippen molar-refractivity contribution in [2.24, 2.45) is 5.92 Å². The zero-order chi connectivity index (χ0) is 14.7. The van der Waals surface area contributed by atoms with Crippen LogP contribution < -0.4 is 0 Å². The smallest absolute Gasteiger partial charge is 0.109 e. The van der Waals surface area contributed by atoms with Crippen LogP contribution in [0.4, 0.5) is 0 Å². The van der Waals surface area contributed by atoms with E-state index in [1.165, 1.54) is 6.42 Å². The highest BCUT2D eigenvalue weighted by Crippen LogP contribution is 2.46. The standard InChI is InChI=1S/C18H26O3/c1-2-20-17(14-7-4-3-5-8-14)16(19)15-9-12-21-18(13-15)10-6-11-18/h3-5,7-8,15-17,19H,2,6,9-13H2,1H3. The second-order valence-electron chi connectivity index (χ2n) is 6.42. The third-order valence-electron chi connectivity index (χ3n) is 5.06. The predicted octanol–water partition coefficient (Wildman–Crippen LogP) is 3.47. The Morgan fingerprint density at radius 1 is 1.33 bits per heavy atom. The number of rotatable bonds is 5. The maximum atomic E-state index is 10.9. The van der Waals surface area contributed by atoms with Gasteiger partial charge in [0.05, 0.1) is 11.7 Å². The first-order valence-corrected chi connectivity index (χ1v) is 8.23. The first-order valence-electron chi connectivity index (χ1n) is 8.23. The summed E-state index contributed by atoms with van der Waals surface area (Å²) in [5.74, 6) is 0.274. The minimum atomic E-state index is -0.450. The predicted molar refractivity (Wildman–Crippen MR) is 82.1 cm³/mol. The van der Waals surface area contributed by atoms with E-state index >= 15 is 0 Å². The highest BCUT2D eigenvalue weighted by Gasteiger charge is 2.45. The topological polar surface area (TPSA) is 38.7 Å². The van der Waals surface area contributed by atoms with E-state index in [-0.39, 0.29) is 17.6 Å². The first-order chi connectivity index (χ1) is 10.2. The Morgan fingerprint density at radius 2 is 2.10 bits per heavy atom. The van der Waals surface area contributed by atoms with Crippen LogP contribution in [0.5, 0.6) is 0 Å². The van der Waals surface area contributed by atoms with E-state index in [0.29, 0.717) is 6.61 Å². The van der Waals surface area contributed by atoms with E-state index in [1.54, 1.807) is 0 Å². The molecule has 1 aromatic carbocycles. The van der Waals surface area contributed by atoms with Crippen molar-refractivity contribution >= 4 is 0 Å². The molecule has 116 valence electrons. The summed E-state index contributed by atoms with van der Waals surface area (Å²) >= 11 is 0. The van der Waals surface area contributed by atoms with Crippen LogP contribution in [0.15, 0.2) is 30.3 Å². The Kier molecular flexibility index (Phi) is 4.63. The van der Waals surface area contributed by atoms with Gasteiger partial charge in [-0.05, 0) is 50.5 Å². The summed E-state index contributed by atoms with van der Waals surface area (Å²) in [5, 5.41) is 10.9.